The Morgan fingerprint density at radius 2 is 1.79 bits per heavy atom. The van der Waals surface area contributed by atoms with E-state index in [1.54, 1.807) is 13.0 Å². The number of esters is 2. The van der Waals surface area contributed by atoms with E-state index in [4.69, 9.17) is 9.47 Å². The van der Waals surface area contributed by atoms with Gasteiger partial charge in [0.25, 0.3) is 0 Å². The van der Waals surface area contributed by atoms with Gasteiger partial charge in [-0.1, -0.05) is 47.7 Å². The number of hydrogen-bond acceptors (Lipinski definition) is 9. The van der Waals surface area contributed by atoms with E-state index in [1.165, 1.54) is 26.0 Å². The lowest BCUT2D eigenvalue weighted by molar-refractivity contribution is -0.113. The Morgan fingerprint density at radius 3 is 2.41 bits per heavy atom. The highest BCUT2D eigenvalue weighted by Gasteiger charge is 2.27. The number of nitrogens with zero attached hydrogens (tertiary/aromatic N) is 3. The van der Waals surface area contributed by atoms with E-state index in [1.807, 2.05) is 35.8 Å². The quantitative estimate of drug-likeness (QED) is 0.265. The van der Waals surface area contributed by atoms with Crippen LogP contribution in [0.2, 0.25) is 0 Å². The predicted molar refractivity (Wildman–Crippen MR) is 131 cm³/mol. The molecule has 9 nitrogen and oxygen atoms in total. The van der Waals surface area contributed by atoms with Crippen molar-refractivity contribution < 1.29 is 23.9 Å². The summed E-state index contributed by atoms with van der Waals surface area (Å²) in [5.74, 6) is -0.942. The molecule has 0 unspecified atom stereocenters. The van der Waals surface area contributed by atoms with Gasteiger partial charge >= 0.3 is 11.9 Å². The number of benzene rings is 1. The van der Waals surface area contributed by atoms with Crippen LogP contribution in [0.15, 0.2) is 42.1 Å². The van der Waals surface area contributed by atoms with Crippen LogP contribution in [0.25, 0.3) is 11.4 Å². The van der Waals surface area contributed by atoms with Crippen LogP contribution in [-0.2, 0) is 20.8 Å². The highest BCUT2D eigenvalue weighted by atomic mass is 32.2. The number of thioether (sulfide) groups is 1. The number of ether oxygens (including phenoxy) is 2. The lowest BCUT2D eigenvalue weighted by Gasteiger charge is -2.08. The van der Waals surface area contributed by atoms with Crippen LogP contribution >= 0.6 is 23.1 Å². The van der Waals surface area contributed by atoms with E-state index in [0.717, 1.165) is 22.5 Å². The first-order chi connectivity index (χ1) is 16.3. The van der Waals surface area contributed by atoms with Gasteiger partial charge in [-0.25, -0.2) is 9.59 Å². The number of hydrogen-bond donors (Lipinski definition) is 1. The fourth-order valence-electron chi connectivity index (χ4n) is 3.13. The summed E-state index contributed by atoms with van der Waals surface area (Å²) in [6, 6.07) is 7.92. The molecule has 34 heavy (non-hydrogen) atoms. The van der Waals surface area contributed by atoms with E-state index in [2.05, 4.69) is 22.1 Å². The summed E-state index contributed by atoms with van der Waals surface area (Å²) in [7, 11) is 2.48. The SMILES string of the molecule is C=CCn1c(SCC(=O)Nc2sc(C(=O)OC)c(C)c2C(=O)OC)nnc1-c1ccc(C)cc1. The van der Waals surface area contributed by atoms with Crippen molar-refractivity contribution in [2.24, 2.45) is 0 Å². The molecule has 0 saturated carbocycles. The van der Waals surface area contributed by atoms with Crippen molar-refractivity contribution in [1.29, 1.82) is 0 Å². The van der Waals surface area contributed by atoms with Crippen LogP contribution in [0.4, 0.5) is 5.00 Å². The molecule has 1 amide bonds. The Labute approximate surface area is 205 Å². The smallest absolute Gasteiger partial charge is 0.348 e. The third kappa shape index (κ3) is 5.37. The van der Waals surface area contributed by atoms with Gasteiger partial charge in [0.15, 0.2) is 11.0 Å². The average Bonchev–Trinajstić information content (AvgIpc) is 3.38. The van der Waals surface area contributed by atoms with E-state index in [9.17, 15) is 14.4 Å². The van der Waals surface area contributed by atoms with E-state index >= 15 is 0 Å². The highest BCUT2D eigenvalue weighted by molar-refractivity contribution is 7.99. The average molecular weight is 501 g/mol. The van der Waals surface area contributed by atoms with Crippen molar-refractivity contribution in [3.05, 3.63) is 58.5 Å². The molecule has 0 aliphatic heterocycles. The molecular formula is C23H24N4O5S2. The van der Waals surface area contributed by atoms with Gasteiger partial charge in [0.2, 0.25) is 5.91 Å². The third-order valence-electron chi connectivity index (χ3n) is 4.83. The Kier molecular flexibility index (Phi) is 8.24. The number of methoxy groups -OCH3 is 2. The number of aryl methyl sites for hydroxylation is 1. The van der Waals surface area contributed by atoms with E-state index in [0.29, 0.717) is 23.1 Å². The number of amides is 1. The predicted octanol–water partition coefficient (Wildman–Crippen LogP) is 4.11. The summed E-state index contributed by atoms with van der Waals surface area (Å²) in [4.78, 5) is 37.2. The van der Waals surface area contributed by atoms with Gasteiger partial charge in [-0.05, 0) is 19.4 Å². The molecule has 3 rings (SSSR count). The molecule has 0 saturated heterocycles. The van der Waals surface area contributed by atoms with Crippen molar-refractivity contribution >= 4 is 45.9 Å². The second-order valence-corrected chi connectivity index (χ2v) is 9.11. The summed E-state index contributed by atoms with van der Waals surface area (Å²) in [5.41, 5.74) is 2.56. The first-order valence-corrected chi connectivity index (χ1v) is 11.9. The fraction of sp³-hybridized carbons (Fsp3) is 0.261. The number of allylic oxidation sites excluding steroid dienone is 1. The molecule has 0 spiro atoms. The zero-order valence-corrected chi connectivity index (χ0v) is 20.8. The Bertz CT molecular complexity index is 1230. The molecule has 2 heterocycles. The summed E-state index contributed by atoms with van der Waals surface area (Å²) < 4.78 is 11.5. The normalized spacial score (nSPS) is 10.6. The molecular weight excluding hydrogens is 476 g/mol. The second kappa shape index (κ2) is 11.1. The minimum Gasteiger partial charge on any atom is -0.465 e. The number of nitrogens with one attached hydrogen (secondary N) is 1. The van der Waals surface area contributed by atoms with E-state index < -0.39 is 11.9 Å². The van der Waals surface area contributed by atoms with Crippen molar-refractivity contribution in [2.45, 2.75) is 25.5 Å². The monoisotopic (exact) mass is 500 g/mol. The van der Waals surface area contributed by atoms with Gasteiger partial charge in [-0.3, -0.25) is 9.36 Å². The largest absolute Gasteiger partial charge is 0.465 e. The zero-order chi connectivity index (χ0) is 24.8. The molecule has 0 aliphatic carbocycles. The molecule has 1 aromatic carbocycles. The third-order valence-corrected chi connectivity index (χ3v) is 6.98. The molecule has 178 valence electrons. The maximum Gasteiger partial charge on any atom is 0.348 e. The van der Waals surface area contributed by atoms with Crippen molar-refractivity contribution in [3.63, 3.8) is 0 Å². The van der Waals surface area contributed by atoms with Crippen LogP contribution in [0.3, 0.4) is 0 Å². The minimum absolute atomic E-state index is 0.00823. The Hall–Kier alpha value is -3.44. The Balaban J connectivity index is 1.79. The van der Waals surface area contributed by atoms with Gasteiger partial charge in [0, 0.05) is 12.1 Å². The van der Waals surface area contributed by atoms with Crippen LogP contribution in [-0.4, -0.2) is 52.6 Å². The minimum atomic E-state index is -0.652. The topological polar surface area (TPSA) is 112 Å². The number of carbonyl (C=O) groups excluding carboxylic acids is 3. The lowest BCUT2D eigenvalue weighted by Crippen LogP contribution is -2.16. The van der Waals surface area contributed by atoms with Gasteiger partial charge < -0.3 is 14.8 Å². The first-order valence-electron chi connectivity index (χ1n) is 10.1. The number of thiophene rings is 1. The van der Waals surface area contributed by atoms with Crippen molar-refractivity contribution in [2.75, 3.05) is 25.3 Å². The van der Waals surface area contributed by atoms with Crippen LogP contribution in [0, 0.1) is 13.8 Å². The Morgan fingerprint density at radius 1 is 1.12 bits per heavy atom. The zero-order valence-electron chi connectivity index (χ0n) is 19.2. The molecule has 0 radical (unpaired) electrons. The summed E-state index contributed by atoms with van der Waals surface area (Å²) in [6.45, 7) is 7.88. The van der Waals surface area contributed by atoms with Gasteiger partial charge in [-0.2, -0.15) is 0 Å². The fourth-order valence-corrected chi connectivity index (χ4v) is 5.01. The highest BCUT2D eigenvalue weighted by Crippen LogP contribution is 2.34. The van der Waals surface area contributed by atoms with Gasteiger partial charge in [0.1, 0.15) is 9.88 Å². The molecule has 0 bridgehead atoms. The maximum absolute atomic E-state index is 12.7. The van der Waals surface area contributed by atoms with Gasteiger partial charge in [0.05, 0.1) is 25.5 Å². The van der Waals surface area contributed by atoms with Crippen LogP contribution < -0.4 is 5.32 Å². The van der Waals surface area contributed by atoms with Crippen molar-refractivity contribution in [1.82, 2.24) is 14.8 Å². The number of aromatic nitrogens is 3. The molecule has 1 N–H and O–H groups in total. The molecule has 3 aromatic rings. The van der Waals surface area contributed by atoms with Crippen LogP contribution in [0.5, 0.6) is 0 Å². The van der Waals surface area contributed by atoms with Gasteiger partial charge in [-0.15, -0.1) is 28.1 Å². The number of anilines is 1. The first kappa shape index (κ1) is 25.2. The molecule has 0 fully saturated rings. The summed E-state index contributed by atoms with van der Waals surface area (Å²) in [5, 5.41) is 12.0. The maximum atomic E-state index is 12.7. The summed E-state index contributed by atoms with van der Waals surface area (Å²) >= 11 is 2.16. The number of rotatable bonds is 9. The van der Waals surface area contributed by atoms with E-state index in [-0.39, 0.29) is 27.1 Å². The van der Waals surface area contributed by atoms with Crippen molar-refractivity contribution in [3.8, 4) is 11.4 Å². The molecule has 11 heteroatoms. The lowest BCUT2D eigenvalue weighted by atomic mass is 10.1. The molecule has 0 atom stereocenters. The number of carbonyl (C=O) groups is 3. The summed E-state index contributed by atoms with van der Waals surface area (Å²) in [6.07, 6.45) is 1.73. The second-order valence-electron chi connectivity index (χ2n) is 7.15. The standard InChI is InChI=1S/C23H24N4O5S2/c1-6-11-27-19(15-9-7-13(2)8-10-15)25-26-23(27)33-12-16(28)24-20-17(21(29)31-4)14(3)18(34-20)22(30)32-5/h6-10H,1,11-12H2,2-5H3,(H,24,28). The molecule has 2 aromatic heterocycles. The molecule has 0 aliphatic rings. The van der Waals surface area contributed by atoms with Crippen LogP contribution in [0.1, 0.15) is 31.2 Å².